The number of rotatable bonds is 6. The van der Waals surface area contributed by atoms with Gasteiger partial charge in [-0.05, 0) is 36.4 Å². The molecule has 0 amide bonds. The van der Waals surface area contributed by atoms with Crippen LogP contribution in [0.4, 0.5) is 0 Å². The second-order valence-electron chi connectivity index (χ2n) is 6.23. The number of H-pyrrole nitrogens is 1. The minimum absolute atomic E-state index is 0.0637. The fourth-order valence-corrected chi connectivity index (χ4v) is 3.56. The fourth-order valence-electron chi connectivity index (χ4n) is 2.73. The average Bonchev–Trinajstić information content (AvgIpc) is 3.27. The van der Waals surface area contributed by atoms with Gasteiger partial charge in [-0.15, -0.1) is 10.2 Å². The van der Waals surface area contributed by atoms with Crippen molar-refractivity contribution in [1.82, 2.24) is 20.2 Å². The van der Waals surface area contributed by atoms with Gasteiger partial charge in [0.2, 0.25) is 11.8 Å². The van der Waals surface area contributed by atoms with Crippen LogP contribution in [0.5, 0.6) is 5.75 Å². The molecule has 2 aromatic heterocycles. The number of benzene rings is 2. The monoisotopic (exact) mass is 451 g/mol. The number of thioether (sulfide) groups is 1. The number of methoxy groups -OCH3 is 1. The first kappa shape index (κ1) is 20.7. The predicted octanol–water partition coefficient (Wildman–Crippen LogP) is 4.31. The summed E-state index contributed by atoms with van der Waals surface area (Å²) in [6.45, 7) is 0. The van der Waals surface area contributed by atoms with Crippen molar-refractivity contribution in [2.24, 2.45) is 0 Å². The number of nitrogens with zero attached hydrogens (tertiary/aromatic N) is 4. The Bertz CT molecular complexity index is 1310. The number of aromatic nitrogens is 4. The quantitative estimate of drug-likeness (QED) is 0.340. The van der Waals surface area contributed by atoms with Gasteiger partial charge in [0.15, 0.2) is 5.16 Å². The van der Waals surface area contributed by atoms with E-state index in [9.17, 15) is 10.1 Å². The molecule has 0 fully saturated rings. The Morgan fingerprint density at radius 1 is 1.13 bits per heavy atom. The lowest BCUT2D eigenvalue weighted by Gasteiger charge is -2.06. The lowest BCUT2D eigenvalue weighted by atomic mass is 10.1. The number of halogens is 1. The average molecular weight is 452 g/mol. The maximum Gasteiger partial charge on any atom is 0.270 e. The highest BCUT2D eigenvalue weighted by molar-refractivity contribution is 7.98. The summed E-state index contributed by atoms with van der Waals surface area (Å²) in [6.07, 6.45) is 0. The van der Waals surface area contributed by atoms with E-state index < -0.39 is 5.56 Å². The molecule has 4 rings (SSSR count). The van der Waals surface area contributed by atoms with Gasteiger partial charge in [0.25, 0.3) is 5.56 Å². The van der Waals surface area contributed by atoms with Gasteiger partial charge in [-0.25, -0.2) is 4.98 Å². The summed E-state index contributed by atoms with van der Waals surface area (Å²) in [5.41, 5.74) is 1.09. The lowest BCUT2D eigenvalue weighted by Crippen LogP contribution is -2.14. The molecule has 0 aliphatic rings. The molecular weight excluding hydrogens is 438 g/mol. The van der Waals surface area contributed by atoms with Crippen LogP contribution in [-0.2, 0) is 5.75 Å². The molecule has 0 atom stereocenters. The summed E-state index contributed by atoms with van der Waals surface area (Å²) in [5, 5.41) is 18.3. The van der Waals surface area contributed by atoms with Gasteiger partial charge >= 0.3 is 0 Å². The molecular formula is C21H14ClN5O3S. The number of aromatic amines is 1. The molecule has 154 valence electrons. The summed E-state index contributed by atoms with van der Waals surface area (Å²) in [7, 11) is 1.59. The van der Waals surface area contributed by atoms with Crippen molar-refractivity contribution in [1.29, 1.82) is 5.26 Å². The molecule has 0 bridgehead atoms. The van der Waals surface area contributed by atoms with Crippen LogP contribution in [0, 0.1) is 11.3 Å². The van der Waals surface area contributed by atoms with Crippen LogP contribution in [0.25, 0.3) is 22.7 Å². The number of hydrogen-bond donors (Lipinski definition) is 1. The largest absolute Gasteiger partial charge is 0.497 e. The lowest BCUT2D eigenvalue weighted by molar-refractivity contribution is 0.415. The van der Waals surface area contributed by atoms with Crippen molar-refractivity contribution in [3.8, 4) is 34.5 Å². The predicted molar refractivity (Wildman–Crippen MR) is 116 cm³/mol. The highest BCUT2D eigenvalue weighted by atomic mass is 35.5. The molecule has 31 heavy (non-hydrogen) atoms. The van der Waals surface area contributed by atoms with E-state index in [1.807, 2.05) is 18.2 Å². The summed E-state index contributed by atoms with van der Waals surface area (Å²) in [6, 6.07) is 15.9. The zero-order chi connectivity index (χ0) is 21.8. The van der Waals surface area contributed by atoms with Crippen molar-refractivity contribution in [3.63, 3.8) is 0 Å². The van der Waals surface area contributed by atoms with Crippen molar-refractivity contribution >= 4 is 23.4 Å². The molecule has 0 saturated heterocycles. The number of nitriles is 1. The Balaban J connectivity index is 1.55. The Labute approximate surface area is 185 Å². The standard InChI is InChI=1S/C21H14ClN5O3S/c1-29-15-8-4-13(5-9-15)20-27-26-17(30-20)11-31-21-24-18(16(10-23)19(28)25-21)12-2-6-14(22)7-3-12/h2-9H,11H2,1H3,(H,24,25,28). The fraction of sp³-hybridized carbons (Fsp3) is 0.0952. The Morgan fingerprint density at radius 2 is 1.84 bits per heavy atom. The zero-order valence-electron chi connectivity index (χ0n) is 16.1. The van der Waals surface area contributed by atoms with E-state index in [1.165, 1.54) is 11.8 Å². The van der Waals surface area contributed by atoms with Gasteiger partial charge in [0, 0.05) is 16.1 Å². The molecule has 0 spiro atoms. The SMILES string of the molecule is COc1ccc(-c2nnc(CSc3nc(-c4ccc(Cl)cc4)c(C#N)c(=O)[nH]3)o2)cc1. The molecule has 1 N–H and O–H groups in total. The van der Waals surface area contributed by atoms with E-state index in [-0.39, 0.29) is 17.0 Å². The molecule has 10 heteroatoms. The first-order valence-electron chi connectivity index (χ1n) is 8.97. The van der Waals surface area contributed by atoms with E-state index in [2.05, 4.69) is 20.2 Å². The topological polar surface area (TPSA) is 118 Å². The smallest absolute Gasteiger partial charge is 0.270 e. The Morgan fingerprint density at radius 3 is 2.52 bits per heavy atom. The summed E-state index contributed by atoms with van der Waals surface area (Å²) < 4.78 is 10.8. The van der Waals surface area contributed by atoms with Crippen LogP contribution in [0.1, 0.15) is 11.5 Å². The van der Waals surface area contributed by atoms with Crippen molar-refractivity contribution in [3.05, 3.63) is 75.4 Å². The van der Waals surface area contributed by atoms with Crippen LogP contribution in [0.2, 0.25) is 5.02 Å². The number of nitrogens with one attached hydrogen (secondary N) is 1. The minimum Gasteiger partial charge on any atom is -0.497 e. The molecule has 0 aliphatic heterocycles. The van der Waals surface area contributed by atoms with Crippen LogP contribution in [0.15, 0.2) is 62.9 Å². The van der Waals surface area contributed by atoms with Gasteiger partial charge in [0.05, 0.1) is 18.6 Å². The van der Waals surface area contributed by atoms with E-state index in [1.54, 1.807) is 43.5 Å². The second-order valence-corrected chi connectivity index (χ2v) is 7.63. The minimum atomic E-state index is -0.519. The van der Waals surface area contributed by atoms with E-state index in [0.29, 0.717) is 27.5 Å². The molecule has 2 aromatic carbocycles. The van der Waals surface area contributed by atoms with Crippen LogP contribution in [0.3, 0.4) is 0 Å². The van der Waals surface area contributed by atoms with Crippen molar-refractivity contribution in [2.75, 3.05) is 7.11 Å². The number of ether oxygens (including phenoxy) is 1. The molecule has 8 nitrogen and oxygen atoms in total. The zero-order valence-corrected chi connectivity index (χ0v) is 17.7. The second kappa shape index (κ2) is 9.04. The highest BCUT2D eigenvalue weighted by Crippen LogP contribution is 2.26. The van der Waals surface area contributed by atoms with E-state index in [0.717, 1.165) is 11.3 Å². The molecule has 0 unspecified atom stereocenters. The Hall–Kier alpha value is -3.61. The molecule has 4 aromatic rings. The summed E-state index contributed by atoms with van der Waals surface area (Å²) in [5.74, 6) is 1.77. The van der Waals surface area contributed by atoms with E-state index in [4.69, 9.17) is 20.8 Å². The van der Waals surface area contributed by atoms with Gasteiger partial charge < -0.3 is 14.1 Å². The Kier molecular flexibility index (Phi) is 6.02. The third-order valence-electron chi connectivity index (χ3n) is 4.26. The summed E-state index contributed by atoms with van der Waals surface area (Å²) in [4.78, 5) is 19.4. The third-order valence-corrected chi connectivity index (χ3v) is 5.37. The maximum absolute atomic E-state index is 12.4. The first-order valence-corrected chi connectivity index (χ1v) is 10.3. The normalized spacial score (nSPS) is 10.6. The van der Waals surface area contributed by atoms with Gasteiger partial charge in [-0.2, -0.15) is 5.26 Å². The maximum atomic E-state index is 12.4. The summed E-state index contributed by atoms with van der Waals surface area (Å²) >= 11 is 7.14. The first-order chi connectivity index (χ1) is 15.1. The molecule has 0 saturated carbocycles. The van der Waals surface area contributed by atoms with Crippen LogP contribution < -0.4 is 10.3 Å². The molecule has 2 heterocycles. The highest BCUT2D eigenvalue weighted by Gasteiger charge is 2.15. The van der Waals surface area contributed by atoms with Gasteiger partial charge in [0.1, 0.15) is 17.4 Å². The van der Waals surface area contributed by atoms with Crippen LogP contribution in [-0.4, -0.2) is 27.3 Å². The van der Waals surface area contributed by atoms with E-state index >= 15 is 0 Å². The van der Waals surface area contributed by atoms with Crippen molar-refractivity contribution < 1.29 is 9.15 Å². The molecule has 0 radical (unpaired) electrons. The van der Waals surface area contributed by atoms with Crippen molar-refractivity contribution in [2.45, 2.75) is 10.9 Å². The van der Waals surface area contributed by atoms with Crippen LogP contribution >= 0.6 is 23.4 Å². The van der Waals surface area contributed by atoms with Gasteiger partial charge in [-0.1, -0.05) is 35.5 Å². The third kappa shape index (κ3) is 4.60. The molecule has 0 aliphatic carbocycles. The number of hydrogen-bond acceptors (Lipinski definition) is 8. The van der Waals surface area contributed by atoms with Gasteiger partial charge in [-0.3, -0.25) is 4.79 Å².